The van der Waals surface area contributed by atoms with Gasteiger partial charge in [-0.2, -0.15) is 0 Å². The first-order valence-corrected chi connectivity index (χ1v) is 8.59. The van der Waals surface area contributed by atoms with Crippen LogP contribution in [0.1, 0.15) is 16.1 Å². The lowest BCUT2D eigenvalue weighted by molar-refractivity contribution is 0.0691. The summed E-state index contributed by atoms with van der Waals surface area (Å²) < 4.78 is 11.2. The fourth-order valence-electron chi connectivity index (χ4n) is 2.35. The Morgan fingerprint density at radius 3 is 2.64 bits per heavy atom. The van der Waals surface area contributed by atoms with Crippen LogP contribution in [-0.2, 0) is 6.42 Å². The molecule has 0 amide bonds. The number of carboxylic acid groups (broad SMARTS) is 1. The van der Waals surface area contributed by atoms with Crippen LogP contribution in [0.25, 0.3) is 10.6 Å². The quantitative estimate of drug-likeness (QED) is 0.690. The van der Waals surface area contributed by atoms with E-state index in [1.807, 2.05) is 30.3 Å². The van der Waals surface area contributed by atoms with Crippen molar-refractivity contribution in [1.29, 1.82) is 0 Å². The number of thiazole rings is 1. The van der Waals surface area contributed by atoms with E-state index in [1.165, 1.54) is 22.3 Å². The first kappa shape index (κ1) is 17.0. The summed E-state index contributed by atoms with van der Waals surface area (Å²) in [6, 6.07) is 15.6. The summed E-state index contributed by atoms with van der Waals surface area (Å²) in [5, 5.41) is 11.2. The van der Waals surface area contributed by atoms with E-state index < -0.39 is 5.97 Å². The van der Waals surface area contributed by atoms with Crippen molar-refractivity contribution in [2.24, 2.45) is 0 Å². The van der Waals surface area contributed by atoms with Crippen molar-refractivity contribution in [3.8, 4) is 22.1 Å². The van der Waals surface area contributed by atoms with Crippen LogP contribution in [0, 0.1) is 0 Å². The molecule has 25 heavy (non-hydrogen) atoms. The largest absolute Gasteiger partial charge is 0.493 e. The third-order valence-corrected chi connectivity index (χ3v) is 4.52. The predicted octanol–water partition coefficient (Wildman–Crippen LogP) is 4.14. The summed E-state index contributed by atoms with van der Waals surface area (Å²) in [5.41, 5.74) is 2.04. The number of hydrogen-bond donors (Lipinski definition) is 1. The van der Waals surface area contributed by atoms with Gasteiger partial charge in [0.15, 0.2) is 17.2 Å². The second kappa shape index (κ2) is 7.81. The Morgan fingerprint density at radius 1 is 1.16 bits per heavy atom. The molecule has 1 N–H and O–H groups in total. The fourth-order valence-corrected chi connectivity index (χ4v) is 3.14. The van der Waals surface area contributed by atoms with Gasteiger partial charge in [0.2, 0.25) is 0 Å². The zero-order valence-corrected chi connectivity index (χ0v) is 14.5. The van der Waals surface area contributed by atoms with Crippen LogP contribution >= 0.6 is 11.3 Å². The Balaban J connectivity index is 1.76. The molecule has 1 heterocycles. The molecule has 0 fully saturated rings. The van der Waals surface area contributed by atoms with E-state index >= 15 is 0 Å². The average Bonchev–Trinajstić information content (AvgIpc) is 3.13. The molecule has 0 aliphatic rings. The molecule has 0 saturated heterocycles. The number of hydrogen-bond acceptors (Lipinski definition) is 5. The van der Waals surface area contributed by atoms with Gasteiger partial charge >= 0.3 is 5.97 Å². The third-order valence-electron chi connectivity index (χ3n) is 3.63. The summed E-state index contributed by atoms with van der Waals surface area (Å²) in [5.74, 6) is 0.213. The summed E-state index contributed by atoms with van der Waals surface area (Å²) in [4.78, 5) is 15.1. The highest BCUT2D eigenvalue weighted by atomic mass is 32.1. The predicted molar refractivity (Wildman–Crippen MR) is 96.7 cm³/mol. The zero-order chi connectivity index (χ0) is 17.6. The van der Waals surface area contributed by atoms with Gasteiger partial charge in [-0.1, -0.05) is 30.3 Å². The molecule has 0 atom stereocenters. The average molecular weight is 355 g/mol. The number of benzene rings is 2. The minimum Gasteiger partial charge on any atom is -0.493 e. The van der Waals surface area contributed by atoms with Crippen LogP contribution in [0.3, 0.4) is 0 Å². The number of nitrogens with zero attached hydrogens (tertiary/aromatic N) is 1. The van der Waals surface area contributed by atoms with Crippen LogP contribution in [0.15, 0.2) is 53.9 Å². The third kappa shape index (κ3) is 4.16. The number of carbonyl (C=O) groups is 1. The Kier molecular flexibility index (Phi) is 5.30. The molecule has 2 aromatic carbocycles. The lowest BCUT2D eigenvalue weighted by Gasteiger charge is -2.12. The molecule has 0 radical (unpaired) electrons. The van der Waals surface area contributed by atoms with Gasteiger partial charge in [0.05, 0.1) is 13.7 Å². The number of carboxylic acids is 1. The van der Waals surface area contributed by atoms with E-state index in [4.69, 9.17) is 14.6 Å². The fraction of sp³-hybridized carbons (Fsp3) is 0.158. The number of aromatic nitrogens is 1. The van der Waals surface area contributed by atoms with Crippen LogP contribution < -0.4 is 9.47 Å². The van der Waals surface area contributed by atoms with Crippen LogP contribution in [-0.4, -0.2) is 29.8 Å². The lowest BCUT2D eigenvalue weighted by Crippen LogP contribution is -2.03. The Hall–Kier alpha value is -2.86. The molecule has 128 valence electrons. The SMILES string of the molecule is COc1ccc(-c2nc(C(=O)O)cs2)cc1OCCc1ccccc1. The van der Waals surface area contributed by atoms with Gasteiger partial charge in [-0.25, -0.2) is 9.78 Å². The second-order valence-electron chi connectivity index (χ2n) is 5.29. The topological polar surface area (TPSA) is 68.7 Å². The molecule has 0 unspecified atom stereocenters. The molecule has 3 aromatic rings. The minimum absolute atomic E-state index is 0.0439. The van der Waals surface area contributed by atoms with Gasteiger partial charge in [0.1, 0.15) is 5.01 Å². The molecule has 6 heteroatoms. The molecule has 0 bridgehead atoms. The monoisotopic (exact) mass is 355 g/mol. The highest BCUT2D eigenvalue weighted by Crippen LogP contribution is 2.34. The molecule has 3 rings (SSSR count). The normalized spacial score (nSPS) is 10.4. The molecule has 0 aliphatic heterocycles. The second-order valence-corrected chi connectivity index (χ2v) is 6.15. The summed E-state index contributed by atoms with van der Waals surface area (Å²) in [7, 11) is 1.59. The summed E-state index contributed by atoms with van der Waals surface area (Å²) in [6.07, 6.45) is 0.786. The smallest absolute Gasteiger partial charge is 0.355 e. The van der Waals surface area contributed by atoms with Crippen LogP contribution in [0.2, 0.25) is 0 Å². The Labute approximate surface area is 149 Å². The highest BCUT2D eigenvalue weighted by Gasteiger charge is 2.13. The van der Waals surface area contributed by atoms with Gasteiger partial charge in [-0.3, -0.25) is 0 Å². The summed E-state index contributed by atoms with van der Waals surface area (Å²) >= 11 is 1.29. The van der Waals surface area contributed by atoms with Gasteiger partial charge in [-0.05, 0) is 23.8 Å². The van der Waals surface area contributed by atoms with E-state index in [0.29, 0.717) is 23.1 Å². The van der Waals surface area contributed by atoms with E-state index in [1.54, 1.807) is 13.2 Å². The summed E-state index contributed by atoms with van der Waals surface area (Å²) in [6.45, 7) is 0.516. The van der Waals surface area contributed by atoms with E-state index in [0.717, 1.165) is 12.0 Å². The van der Waals surface area contributed by atoms with Crippen molar-refractivity contribution in [2.45, 2.75) is 6.42 Å². The first-order valence-electron chi connectivity index (χ1n) is 7.71. The highest BCUT2D eigenvalue weighted by molar-refractivity contribution is 7.13. The van der Waals surface area contributed by atoms with Gasteiger partial charge in [0, 0.05) is 17.4 Å². The van der Waals surface area contributed by atoms with Crippen molar-refractivity contribution in [1.82, 2.24) is 4.98 Å². The zero-order valence-electron chi connectivity index (χ0n) is 13.6. The van der Waals surface area contributed by atoms with E-state index in [-0.39, 0.29) is 5.69 Å². The van der Waals surface area contributed by atoms with Crippen molar-refractivity contribution in [3.05, 3.63) is 65.2 Å². The van der Waals surface area contributed by atoms with Gasteiger partial charge in [0.25, 0.3) is 0 Å². The maximum Gasteiger partial charge on any atom is 0.355 e. The molecular weight excluding hydrogens is 338 g/mol. The maximum absolute atomic E-state index is 11.0. The van der Waals surface area contributed by atoms with Gasteiger partial charge < -0.3 is 14.6 Å². The number of methoxy groups -OCH3 is 1. The lowest BCUT2D eigenvalue weighted by atomic mass is 10.2. The maximum atomic E-state index is 11.0. The van der Waals surface area contributed by atoms with Crippen molar-refractivity contribution in [3.63, 3.8) is 0 Å². The molecular formula is C19H17NO4S. The minimum atomic E-state index is -1.03. The van der Waals surface area contributed by atoms with Crippen LogP contribution in [0.5, 0.6) is 11.5 Å². The van der Waals surface area contributed by atoms with Gasteiger partial charge in [-0.15, -0.1) is 11.3 Å². The number of ether oxygens (including phenoxy) is 2. The molecule has 0 saturated carbocycles. The number of aromatic carboxylic acids is 1. The van der Waals surface area contributed by atoms with Crippen molar-refractivity contribution >= 4 is 17.3 Å². The Morgan fingerprint density at radius 2 is 1.96 bits per heavy atom. The van der Waals surface area contributed by atoms with Crippen LogP contribution in [0.4, 0.5) is 0 Å². The van der Waals surface area contributed by atoms with E-state index in [2.05, 4.69) is 17.1 Å². The molecule has 5 nitrogen and oxygen atoms in total. The Bertz CT molecular complexity index is 861. The number of rotatable bonds is 7. The standard InChI is InChI=1S/C19H17NO4S/c1-23-16-8-7-14(18-20-15(12-25-18)19(21)22)11-17(16)24-10-9-13-5-3-2-4-6-13/h2-8,11-12H,9-10H2,1H3,(H,21,22). The first-order chi connectivity index (χ1) is 12.2. The van der Waals surface area contributed by atoms with E-state index in [9.17, 15) is 4.79 Å². The van der Waals surface area contributed by atoms with Crippen molar-refractivity contribution < 1.29 is 19.4 Å². The molecule has 0 spiro atoms. The molecule has 0 aliphatic carbocycles. The van der Waals surface area contributed by atoms with Crippen molar-refractivity contribution in [2.75, 3.05) is 13.7 Å². The molecule has 1 aromatic heterocycles.